The van der Waals surface area contributed by atoms with Gasteiger partial charge in [-0.15, -0.1) is 0 Å². The second-order valence-corrected chi connectivity index (χ2v) is 2.92. The predicted molar refractivity (Wildman–Crippen MR) is 57.1 cm³/mol. The Morgan fingerprint density at radius 3 is 2.31 bits per heavy atom. The van der Waals surface area contributed by atoms with E-state index in [-0.39, 0.29) is 0 Å². The summed E-state index contributed by atoms with van der Waals surface area (Å²) in [6, 6.07) is 0.688. The van der Waals surface area contributed by atoms with E-state index in [4.69, 9.17) is 4.74 Å². The van der Waals surface area contributed by atoms with Crippen LogP contribution in [0.1, 0.15) is 20.8 Å². The molecule has 1 rings (SSSR count). The highest BCUT2D eigenvalue weighted by atomic mass is 16.5. The fourth-order valence-electron chi connectivity index (χ4n) is 1.29. The third-order valence-electron chi connectivity index (χ3n) is 2.19. The molecule has 3 heteroatoms. The number of nitrogens with one attached hydrogen (secondary N) is 1. The van der Waals surface area contributed by atoms with E-state index in [0.29, 0.717) is 6.04 Å². The molecule has 0 atom stereocenters. The average molecular weight is 188 g/mol. The Balaban J connectivity index is 0.000000671. The predicted octanol–water partition coefficient (Wildman–Crippen LogP) is 0.953. The van der Waals surface area contributed by atoms with Crippen LogP contribution in [0.5, 0.6) is 0 Å². The van der Waals surface area contributed by atoms with Gasteiger partial charge in [-0.05, 0) is 13.6 Å². The molecule has 0 aromatic rings. The summed E-state index contributed by atoms with van der Waals surface area (Å²) in [5, 5.41) is 3.15. The van der Waals surface area contributed by atoms with E-state index in [9.17, 15) is 0 Å². The van der Waals surface area contributed by atoms with Gasteiger partial charge >= 0.3 is 0 Å². The molecule has 1 heterocycles. The number of likely N-dealkylation sites (N-methyl/N-ethyl adjacent to an activating group) is 2. The van der Waals surface area contributed by atoms with Gasteiger partial charge in [0.1, 0.15) is 0 Å². The van der Waals surface area contributed by atoms with Gasteiger partial charge in [0.15, 0.2) is 0 Å². The van der Waals surface area contributed by atoms with Crippen LogP contribution >= 0.6 is 0 Å². The lowest BCUT2D eigenvalue weighted by Crippen LogP contribution is -2.50. The van der Waals surface area contributed by atoms with Crippen LogP contribution in [-0.2, 0) is 4.74 Å². The van der Waals surface area contributed by atoms with Crippen molar-refractivity contribution < 1.29 is 4.74 Å². The first-order chi connectivity index (χ1) is 6.38. The monoisotopic (exact) mass is 188 g/mol. The minimum Gasteiger partial charge on any atom is -0.378 e. The summed E-state index contributed by atoms with van der Waals surface area (Å²) in [6.07, 6.45) is 0. The number of hydrogen-bond donors (Lipinski definition) is 1. The van der Waals surface area contributed by atoms with Gasteiger partial charge in [-0.3, -0.25) is 4.90 Å². The standard InChI is InChI=1S/C8H18N2O.C2H6/c1-3-10(5-4-9-2)8-6-11-7-8;1-2/h8-9H,3-7H2,1-2H3;1-2H3. The minimum atomic E-state index is 0.688. The molecule has 1 saturated heterocycles. The molecule has 0 bridgehead atoms. The van der Waals surface area contributed by atoms with Gasteiger partial charge in [0, 0.05) is 13.1 Å². The average Bonchev–Trinajstić information content (AvgIpc) is 2.12. The molecule has 0 radical (unpaired) electrons. The third-order valence-corrected chi connectivity index (χ3v) is 2.19. The van der Waals surface area contributed by atoms with Gasteiger partial charge in [-0.25, -0.2) is 0 Å². The number of ether oxygens (including phenoxy) is 1. The quantitative estimate of drug-likeness (QED) is 0.695. The lowest BCUT2D eigenvalue weighted by molar-refractivity contribution is -0.0625. The second-order valence-electron chi connectivity index (χ2n) is 2.92. The largest absolute Gasteiger partial charge is 0.378 e. The Morgan fingerprint density at radius 2 is 2.00 bits per heavy atom. The zero-order chi connectivity index (χ0) is 10.1. The summed E-state index contributed by atoms with van der Waals surface area (Å²) in [5.41, 5.74) is 0. The first kappa shape index (κ1) is 12.9. The molecule has 1 aliphatic heterocycles. The Kier molecular flexibility index (Phi) is 8.40. The molecule has 0 amide bonds. The number of nitrogens with zero attached hydrogens (tertiary/aromatic N) is 1. The molecule has 3 nitrogen and oxygen atoms in total. The topological polar surface area (TPSA) is 24.5 Å². The molecule has 0 spiro atoms. The van der Waals surface area contributed by atoms with Gasteiger partial charge < -0.3 is 10.1 Å². The van der Waals surface area contributed by atoms with Crippen LogP contribution in [0.25, 0.3) is 0 Å². The Morgan fingerprint density at radius 1 is 1.38 bits per heavy atom. The summed E-state index contributed by atoms with van der Waals surface area (Å²) in [4.78, 5) is 2.46. The van der Waals surface area contributed by atoms with Crippen molar-refractivity contribution in [1.82, 2.24) is 10.2 Å². The molecular formula is C10H24N2O. The highest BCUT2D eigenvalue weighted by molar-refractivity contribution is 4.76. The lowest BCUT2D eigenvalue weighted by atomic mass is 10.2. The van der Waals surface area contributed by atoms with Crippen molar-refractivity contribution in [3.63, 3.8) is 0 Å². The minimum absolute atomic E-state index is 0.688. The molecule has 1 fully saturated rings. The molecule has 0 unspecified atom stereocenters. The summed E-state index contributed by atoms with van der Waals surface area (Å²) < 4.78 is 5.14. The molecule has 0 saturated carbocycles. The Labute approximate surface area is 82.4 Å². The van der Waals surface area contributed by atoms with Crippen molar-refractivity contribution >= 4 is 0 Å². The molecule has 13 heavy (non-hydrogen) atoms. The van der Waals surface area contributed by atoms with E-state index in [1.54, 1.807) is 0 Å². The van der Waals surface area contributed by atoms with E-state index in [1.165, 1.54) is 0 Å². The van der Waals surface area contributed by atoms with Crippen molar-refractivity contribution in [2.75, 3.05) is 39.9 Å². The third kappa shape index (κ3) is 4.60. The van der Waals surface area contributed by atoms with E-state index in [1.807, 2.05) is 20.9 Å². The first-order valence-corrected chi connectivity index (χ1v) is 5.35. The number of rotatable bonds is 5. The SMILES string of the molecule is CC.CCN(CCNC)C1COC1. The zero-order valence-electron chi connectivity index (χ0n) is 9.47. The maximum Gasteiger partial charge on any atom is 0.0645 e. The zero-order valence-corrected chi connectivity index (χ0v) is 9.47. The maximum atomic E-state index is 5.14. The smallest absolute Gasteiger partial charge is 0.0645 e. The lowest BCUT2D eigenvalue weighted by Gasteiger charge is -2.36. The summed E-state index contributed by atoms with van der Waals surface area (Å²) in [7, 11) is 1.99. The van der Waals surface area contributed by atoms with Crippen molar-refractivity contribution in [1.29, 1.82) is 0 Å². The van der Waals surface area contributed by atoms with Crippen molar-refractivity contribution in [2.45, 2.75) is 26.8 Å². The van der Waals surface area contributed by atoms with Crippen molar-refractivity contribution in [2.24, 2.45) is 0 Å². The summed E-state index contributed by atoms with van der Waals surface area (Å²) in [6.45, 7) is 11.4. The molecule has 1 N–H and O–H groups in total. The summed E-state index contributed by atoms with van der Waals surface area (Å²) >= 11 is 0. The molecule has 80 valence electrons. The highest BCUT2D eigenvalue weighted by Gasteiger charge is 2.23. The molecule has 0 aliphatic carbocycles. The van der Waals surface area contributed by atoms with E-state index >= 15 is 0 Å². The number of hydrogen-bond acceptors (Lipinski definition) is 3. The van der Waals surface area contributed by atoms with E-state index in [0.717, 1.165) is 32.8 Å². The van der Waals surface area contributed by atoms with Gasteiger partial charge in [0.05, 0.1) is 19.3 Å². The van der Waals surface area contributed by atoms with Crippen molar-refractivity contribution in [3.05, 3.63) is 0 Å². The fourth-order valence-corrected chi connectivity index (χ4v) is 1.29. The molecule has 0 aromatic heterocycles. The van der Waals surface area contributed by atoms with Gasteiger partial charge in [0.25, 0.3) is 0 Å². The summed E-state index contributed by atoms with van der Waals surface area (Å²) in [5.74, 6) is 0. The Hall–Kier alpha value is -0.120. The molecular weight excluding hydrogens is 164 g/mol. The van der Waals surface area contributed by atoms with Crippen molar-refractivity contribution in [3.8, 4) is 0 Å². The highest BCUT2D eigenvalue weighted by Crippen LogP contribution is 2.08. The van der Waals surface area contributed by atoms with Crippen LogP contribution in [-0.4, -0.2) is 50.8 Å². The maximum absolute atomic E-state index is 5.14. The Bertz CT molecular complexity index is 105. The second kappa shape index (κ2) is 8.48. The molecule has 0 aromatic carbocycles. The van der Waals surface area contributed by atoms with Crippen LogP contribution in [0.4, 0.5) is 0 Å². The van der Waals surface area contributed by atoms with Crippen LogP contribution in [0.2, 0.25) is 0 Å². The van der Waals surface area contributed by atoms with Crippen LogP contribution in [0.15, 0.2) is 0 Å². The van der Waals surface area contributed by atoms with Gasteiger partial charge in [-0.1, -0.05) is 20.8 Å². The normalized spacial score (nSPS) is 16.4. The van der Waals surface area contributed by atoms with Crippen LogP contribution in [0.3, 0.4) is 0 Å². The van der Waals surface area contributed by atoms with Crippen LogP contribution < -0.4 is 5.32 Å². The van der Waals surface area contributed by atoms with Gasteiger partial charge in [0.2, 0.25) is 0 Å². The van der Waals surface area contributed by atoms with E-state index < -0.39 is 0 Å². The van der Waals surface area contributed by atoms with E-state index in [2.05, 4.69) is 17.1 Å². The molecule has 1 aliphatic rings. The first-order valence-electron chi connectivity index (χ1n) is 5.35. The van der Waals surface area contributed by atoms with Crippen LogP contribution in [0, 0.1) is 0 Å². The fraction of sp³-hybridized carbons (Fsp3) is 1.00. The van der Waals surface area contributed by atoms with Gasteiger partial charge in [-0.2, -0.15) is 0 Å².